The van der Waals surface area contributed by atoms with E-state index in [9.17, 15) is 22.8 Å². The summed E-state index contributed by atoms with van der Waals surface area (Å²) in [5.41, 5.74) is -0.309. The number of hydrogen-bond donors (Lipinski definition) is 2. The maximum Gasteiger partial charge on any atom is 0.416 e. The number of alkyl halides is 3. The number of carbonyl (C=O) groups is 2. The molecule has 0 saturated heterocycles. The number of thioether (sulfide) groups is 1. The van der Waals surface area contributed by atoms with Gasteiger partial charge in [0.25, 0.3) is 5.91 Å². The Morgan fingerprint density at radius 1 is 0.900 bits per heavy atom. The number of amides is 2. The molecule has 2 aromatic carbocycles. The molecule has 1 aromatic heterocycles. The molecule has 0 aliphatic heterocycles. The number of aromatic nitrogens is 2. The summed E-state index contributed by atoms with van der Waals surface area (Å²) in [4.78, 5) is 24.1. The van der Waals surface area contributed by atoms with Crippen LogP contribution in [-0.2, 0) is 11.0 Å². The van der Waals surface area contributed by atoms with Gasteiger partial charge in [0.1, 0.15) is 5.03 Å². The maximum absolute atomic E-state index is 12.7. The fourth-order valence-corrected chi connectivity index (χ4v) is 2.97. The van der Waals surface area contributed by atoms with Crippen LogP contribution in [-0.4, -0.2) is 27.8 Å². The number of benzene rings is 2. The van der Waals surface area contributed by atoms with Gasteiger partial charge in [0.15, 0.2) is 5.82 Å². The molecule has 0 saturated carbocycles. The minimum Gasteiger partial charge on any atom is -0.325 e. The molecule has 0 unspecified atom stereocenters. The topological polar surface area (TPSA) is 84.0 Å². The monoisotopic (exact) mass is 432 g/mol. The van der Waals surface area contributed by atoms with Crippen LogP contribution in [0.15, 0.2) is 71.8 Å². The molecule has 0 fully saturated rings. The Hall–Kier alpha value is -3.40. The summed E-state index contributed by atoms with van der Waals surface area (Å²) in [6.07, 6.45) is -4.48. The second-order valence-corrected chi connectivity index (χ2v) is 6.99. The molecular weight excluding hydrogens is 417 g/mol. The number of halogens is 3. The Bertz CT molecular complexity index is 1030. The molecule has 0 atom stereocenters. The van der Waals surface area contributed by atoms with Crippen LogP contribution in [0.3, 0.4) is 0 Å². The van der Waals surface area contributed by atoms with Gasteiger partial charge in [-0.15, -0.1) is 10.2 Å². The van der Waals surface area contributed by atoms with E-state index in [0.717, 1.165) is 23.9 Å². The molecule has 0 bridgehead atoms. The standard InChI is InChI=1S/C20H15F3N4O2S/c21-20(22,23)14-7-4-8-15(11-14)24-17(28)12-30-18-10-9-16(26-27-18)25-19(29)13-5-2-1-3-6-13/h1-11H,12H2,(H,24,28)(H,25,26,29). The highest BCUT2D eigenvalue weighted by Gasteiger charge is 2.30. The Labute approximate surface area is 173 Å². The normalized spacial score (nSPS) is 11.0. The smallest absolute Gasteiger partial charge is 0.325 e. The quantitative estimate of drug-likeness (QED) is 0.561. The number of anilines is 2. The van der Waals surface area contributed by atoms with Crippen molar-refractivity contribution in [2.75, 3.05) is 16.4 Å². The Morgan fingerprint density at radius 2 is 1.67 bits per heavy atom. The van der Waals surface area contributed by atoms with Gasteiger partial charge in [-0.2, -0.15) is 13.2 Å². The van der Waals surface area contributed by atoms with Crippen molar-refractivity contribution in [3.63, 3.8) is 0 Å². The molecule has 0 radical (unpaired) electrons. The van der Waals surface area contributed by atoms with E-state index in [2.05, 4.69) is 20.8 Å². The molecule has 10 heteroatoms. The summed E-state index contributed by atoms with van der Waals surface area (Å²) in [5.74, 6) is -0.629. The predicted octanol–water partition coefficient (Wildman–Crippen LogP) is 4.48. The lowest BCUT2D eigenvalue weighted by molar-refractivity contribution is -0.137. The molecule has 2 N–H and O–H groups in total. The first-order valence-electron chi connectivity index (χ1n) is 8.61. The van der Waals surface area contributed by atoms with Crippen LogP contribution in [0, 0.1) is 0 Å². The second kappa shape index (κ2) is 9.40. The summed E-state index contributed by atoms with van der Waals surface area (Å²) >= 11 is 1.06. The summed E-state index contributed by atoms with van der Waals surface area (Å²) in [5, 5.41) is 13.3. The number of rotatable bonds is 6. The summed E-state index contributed by atoms with van der Waals surface area (Å²) in [6, 6.07) is 16.1. The maximum atomic E-state index is 12.7. The van der Waals surface area contributed by atoms with E-state index in [-0.39, 0.29) is 23.2 Å². The first-order chi connectivity index (χ1) is 14.3. The zero-order valence-corrected chi connectivity index (χ0v) is 16.1. The van der Waals surface area contributed by atoms with Crippen LogP contribution in [0.25, 0.3) is 0 Å². The number of nitrogens with zero attached hydrogens (tertiary/aromatic N) is 2. The summed E-state index contributed by atoms with van der Waals surface area (Å²) in [6.45, 7) is 0. The number of nitrogens with one attached hydrogen (secondary N) is 2. The first-order valence-corrected chi connectivity index (χ1v) is 9.60. The third kappa shape index (κ3) is 6.05. The highest BCUT2D eigenvalue weighted by atomic mass is 32.2. The van der Waals surface area contributed by atoms with Crippen LogP contribution in [0.4, 0.5) is 24.7 Å². The minimum absolute atomic E-state index is 0.0560. The molecule has 30 heavy (non-hydrogen) atoms. The lowest BCUT2D eigenvalue weighted by atomic mass is 10.2. The zero-order chi connectivity index (χ0) is 21.6. The molecule has 1 heterocycles. The molecule has 0 spiro atoms. The van der Waals surface area contributed by atoms with Crippen LogP contribution in [0.5, 0.6) is 0 Å². The van der Waals surface area contributed by atoms with Crippen molar-refractivity contribution in [3.05, 3.63) is 77.9 Å². The summed E-state index contributed by atoms with van der Waals surface area (Å²) in [7, 11) is 0. The van der Waals surface area contributed by atoms with Gasteiger partial charge in [0, 0.05) is 11.3 Å². The molecule has 3 aromatic rings. The van der Waals surface area contributed by atoms with Gasteiger partial charge in [0.2, 0.25) is 5.91 Å². The minimum atomic E-state index is -4.48. The van der Waals surface area contributed by atoms with E-state index in [1.807, 2.05) is 0 Å². The van der Waals surface area contributed by atoms with E-state index >= 15 is 0 Å². The lowest BCUT2D eigenvalue weighted by Gasteiger charge is -2.09. The van der Waals surface area contributed by atoms with Gasteiger partial charge in [-0.25, -0.2) is 0 Å². The number of hydrogen-bond acceptors (Lipinski definition) is 5. The van der Waals surface area contributed by atoms with E-state index in [1.54, 1.807) is 42.5 Å². The first kappa shape index (κ1) is 21.3. The van der Waals surface area contributed by atoms with Crippen molar-refractivity contribution in [2.45, 2.75) is 11.2 Å². The third-order valence-electron chi connectivity index (χ3n) is 3.74. The summed E-state index contributed by atoms with van der Waals surface area (Å²) < 4.78 is 38.2. The molecular formula is C20H15F3N4O2S. The average molecular weight is 432 g/mol. The average Bonchev–Trinajstić information content (AvgIpc) is 2.73. The van der Waals surface area contributed by atoms with Crippen LogP contribution >= 0.6 is 11.8 Å². The second-order valence-electron chi connectivity index (χ2n) is 5.99. The van der Waals surface area contributed by atoms with Crippen LogP contribution in [0.1, 0.15) is 15.9 Å². The lowest BCUT2D eigenvalue weighted by Crippen LogP contribution is -2.15. The van der Waals surface area contributed by atoms with E-state index < -0.39 is 17.6 Å². The van der Waals surface area contributed by atoms with Gasteiger partial charge in [-0.1, -0.05) is 36.0 Å². The molecule has 0 aliphatic carbocycles. The predicted molar refractivity (Wildman–Crippen MR) is 107 cm³/mol. The van der Waals surface area contributed by atoms with Crippen molar-refractivity contribution in [2.24, 2.45) is 0 Å². The third-order valence-corrected chi connectivity index (χ3v) is 4.66. The highest BCUT2D eigenvalue weighted by molar-refractivity contribution is 7.99. The Balaban J connectivity index is 1.51. The molecule has 2 amide bonds. The fraction of sp³-hybridized carbons (Fsp3) is 0.100. The van der Waals surface area contributed by atoms with E-state index in [0.29, 0.717) is 10.6 Å². The van der Waals surface area contributed by atoms with E-state index in [4.69, 9.17) is 0 Å². The number of carbonyl (C=O) groups excluding carboxylic acids is 2. The van der Waals surface area contributed by atoms with Crippen molar-refractivity contribution in [3.8, 4) is 0 Å². The Morgan fingerprint density at radius 3 is 2.33 bits per heavy atom. The molecule has 0 aliphatic rings. The molecule has 6 nitrogen and oxygen atoms in total. The molecule has 3 rings (SSSR count). The zero-order valence-electron chi connectivity index (χ0n) is 15.3. The van der Waals surface area contributed by atoms with Crippen molar-refractivity contribution in [1.29, 1.82) is 0 Å². The fourth-order valence-electron chi connectivity index (χ4n) is 2.35. The van der Waals surface area contributed by atoms with E-state index in [1.165, 1.54) is 12.1 Å². The van der Waals surface area contributed by atoms with Gasteiger partial charge in [0.05, 0.1) is 11.3 Å². The van der Waals surface area contributed by atoms with Gasteiger partial charge in [-0.05, 0) is 42.5 Å². The van der Waals surface area contributed by atoms with Crippen LogP contribution < -0.4 is 10.6 Å². The van der Waals surface area contributed by atoms with Crippen molar-refractivity contribution < 1.29 is 22.8 Å². The van der Waals surface area contributed by atoms with Gasteiger partial charge < -0.3 is 10.6 Å². The SMILES string of the molecule is O=C(CSc1ccc(NC(=O)c2ccccc2)nn1)Nc1cccc(C(F)(F)F)c1. The Kier molecular flexibility index (Phi) is 6.68. The van der Waals surface area contributed by atoms with Gasteiger partial charge in [-0.3, -0.25) is 9.59 Å². The molecule has 154 valence electrons. The van der Waals surface area contributed by atoms with Gasteiger partial charge >= 0.3 is 6.18 Å². The van der Waals surface area contributed by atoms with Crippen molar-refractivity contribution in [1.82, 2.24) is 10.2 Å². The highest BCUT2D eigenvalue weighted by Crippen LogP contribution is 2.30. The van der Waals surface area contributed by atoms with Crippen molar-refractivity contribution >= 4 is 35.1 Å². The largest absolute Gasteiger partial charge is 0.416 e. The van der Waals surface area contributed by atoms with Crippen LogP contribution in [0.2, 0.25) is 0 Å².